The molecule has 1 aliphatic rings. The Morgan fingerprint density at radius 2 is 1.96 bits per heavy atom. The van der Waals surface area contributed by atoms with Gasteiger partial charge >= 0.3 is 6.03 Å². The number of carbonyl (C=O) groups excluding carboxylic acids is 1. The first-order valence-corrected chi connectivity index (χ1v) is 9.10. The predicted octanol–water partition coefficient (Wildman–Crippen LogP) is 3.30. The molecule has 1 aromatic carbocycles. The summed E-state index contributed by atoms with van der Waals surface area (Å²) in [7, 11) is 0. The summed E-state index contributed by atoms with van der Waals surface area (Å²) in [5.74, 6) is -0.205. The number of nitrogens with one attached hydrogen (secondary N) is 1. The maximum absolute atomic E-state index is 13.0. The fourth-order valence-electron chi connectivity index (χ4n) is 2.87. The summed E-state index contributed by atoms with van der Waals surface area (Å²) in [6, 6.07) is 10.7. The van der Waals surface area contributed by atoms with Gasteiger partial charge in [0.15, 0.2) is 0 Å². The van der Waals surface area contributed by atoms with Crippen molar-refractivity contribution >= 4 is 17.4 Å². The van der Waals surface area contributed by atoms with E-state index in [9.17, 15) is 9.18 Å². The lowest BCUT2D eigenvalue weighted by Crippen LogP contribution is -2.41. The van der Waals surface area contributed by atoms with Gasteiger partial charge in [0.05, 0.1) is 6.54 Å². The maximum Gasteiger partial charge on any atom is 0.317 e. The van der Waals surface area contributed by atoms with Crippen LogP contribution in [-0.4, -0.2) is 42.0 Å². The van der Waals surface area contributed by atoms with Crippen LogP contribution in [0.5, 0.6) is 0 Å². The SMILES string of the molecule is O=C(NCc1cccs1)N1CCCN(Cc2ccc(F)cc2)CC1. The summed E-state index contributed by atoms with van der Waals surface area (Å²) in [6.45, 7) is 4.67. The van der Waals surface area contributed by atoms with Crippen LogP contribution in [0.15, 0.2) is 41.8 Å². The summed E-state index contributed by atoms with van der Waals surface area (Å²) in [4.78, 5) is 17.7. The highest BCUT2D eigenvalue weighted by atomic mass is 32.1. The molecule has 2 amide bonds. The highest BCUT2D eigenvalue weighted by Gasteiger charge is 2.19. The second-order valence-electron chi connectivity index (χ2n) is 5.98. The van der Waals surface area contributed by atoms with Crippen LogP contribution in [0.25, 0.3) is 0 Å². The molecule has 0 aliphatic carbocycles. The molecule has 3 rings (SSSR count). The molecule has 0 bridgehead atoms. The number of hydrogen-bond donors (Lipinski definition) is 1. The van der Waals surface area contributed by atoms with Crippen LogP contribution in [0.1, 0.15) is 16.9 Å². The van der Waals surface area contributed by atoms with Crippen molar-refractivity contribution in [2.75, 3.05) is 26.2 Å². The Kier molecular flexibility index (Phi) is 5.82. The van der Waals surface area contributed by atoms with Crippen molar-refractivity contribution in [1.29, 1.82) is 0 Å². The van der Waals surface area contributed by atoms with Gasteiger partial charge in [-0.2, -0.15) is 0 Å². The molecule has 0 radical (unpaired) electrons. The fourth-order valence-corrected chi connectivity index (χ4v) is 3.51. The van der Waals surface area contributed by atoms with E-state index in [1.165, 1.54) is 12.1 Å². The second-order valence-corrected chi connectivity index (χ2v) is 7.01. The van der Waals surface area contributed by atoms with Crippen molar-refractivity contribution in [3.8, 4) is 0 Å². The third-order valence-corrected chi connectivity index (χ3v) is 5.07. The molecular weight excluding hydrogens is 325 g/mol. The van der Waals surface area contributed by atoms with Gasteiger partial charge in [-0.25, -0.2) is 9.18 Å². The molecule has 1 N–H and O–H groups in total. The molecule has 0 unspecified atom stereocenters. The summed E-state index contributed by atoms with van der Waals surface area (Å²) >= 11 is 1.65. The van der Waals surface area contributed by atoms with E-state index < -0.39 is 0 Å². The molecule has 2 heterocycles. The normalized spacial score (nSPS) is 16.0. The first-order valence-electron chi connectivity index (χ1n) is 8.23. The Hall–Kier alpha value is -1.92. The van der Waals surface area contributed by atoms with Gasteiger partial charge in [0.25, 0.3) is 0 Å². The summed E-state index contributed by atoms with van der Waals surface area (Å²) in [6.07, 6.45) is 0.952. The van der Waals surface area contributed by atoms with Crippen LogP contribution in [-0.2, 0) is 13.1 Å². The average molecular weight is 347 g/mol. The number of amides is 2. The van der Waals surface area contributed by atoms with Gasteiger partial charge in [0.1, 0.15) is 5.82 Å². The minimum atomic E-state index is -0.205. The third-order valence-electron chi connectivity index (χ3n) is 4.19. The van der Waals surface area contributed by atoms with Crippen molar-refractivity contribution in [3.63, 3.8) is 0 Å². The van der Waals surface area contributed by atoms with Crippen molar-refractivity contribution in [2.45, 2.75) is 19.5 Å². The Bertz CT molecular complexity index is 645. The molecule has 0 atom stereocenters. The van der Waals surface area contributed by atoms with E-state index in [-0.39, 0.29) is 11.8 Å². The van der Waals surface area contributed by atoms with Gasteiger partial charge < -0.3 is 10.2 Å². The number of nitrogens with zero attached hydrogens (tertiary/aromatic N) is 2. The van der Waals surface area contributed by atoms with Gasteiger partial charge in [0, 0.05) is 37.6 Å². The van der Waals surface area contributed by atoms with E-state index in [2.05, 4.69) is 10.2 Å². The van der Waals surface area contributed by atoms with Crippen LogP contribution >= 0.6 is 11.3 Å². The van der Waals surface area contributed by atoms with Crippen LogP contribution < -0.4 is 5.32 Å². The van der Waals surface area contributed by atoms with E-state index in [0.717, 1.165) is 49.6 Å². The smallest absolute Gasteiger partial charge is 0.317 e. The molecule has 128 valence electrons. The zero-order valence-corrected chi connectivity index (χ0v) is 14.4. The molecule has 0 spiro atoms. The summed E-state index contributed by atoms with van der Waals surface area (Å²) in [5.41, 5.74) is 1.10. The van der Waals surface area contributed by atoms with E-state index in [1.54, 1.807) is 11.3 Å². The zero-order valence-electron chi connectivity index (χ0n) is 13.6. The lowest BCUT2D eigenvalue weighted by Gasteiger charge is -2.22. The van der Waals surface area contributed by atoms with Crippen molar-refractivity contribution in [2.24, 2.45) is 0 Å². The number of carbonyl (C=O) groups is 1. The third kappa shape index (κ3) is 4.79. The Morgan fingerprint density at radius 1 is 1.12 bits per heavy atom. The summed E-state index contributed by atoms with van der Waals surface area (Å²) < 4.78 is 13.0. The van der Waals surface area contributed by atoms with E-state index in [1.807, 2.05) is 34.5 Å². The molecule has 1 saturated heterocycles. The molecule has 2 aromatic rings. The van der Waals surface area contributed by atoms with Gasteiger partial charge in [0.2, 0.25) is 0 Å². The first kappa shape index (κ1) is 16.9. The topological polar surface area (TPSA) is 35.6 Å². The van der Waals surface area contributed by atoms with Crippen LogP contribution in [0.2, 0.25) is 0 Å². The van der Waals surface area contributed by atoms with Crippen molar-refractivity contribution in [3.05, 3.63) is 58.0 Å². The molecule has 1 aliphatic heterocycles. The molecule has 24 heavy (non-hydrogen) atoms. The number of rotatable bonds is 4. The molecular formula is C18H22FN3OS. The number of hydrogen-bond acceptors (Lipinski definition) is 3. The summed E-state index contributed by atoms with van der Waals surface area (Å²) in [5, 5.41) is 5.01. The average Bonchev–Trinajstić information content (AvgIpc) is 3.00. The van der Waals surface area contributed by atoms with Crippen LogP contribution in [0.3, 0.4) is 0 Å². The lowest BCUT2D eigenvalue weighted by atomic mass is 10.2. The quantitative estimate of drug-likeness (QED) is 0.921. The van der Waals surface area contributed by atoms with Crippen molar-refractivity contribution in [1.82, 2.24) is 15.1 Å². The molecule has 4 nitrogen and oxygen atoms in total. The molecule has 0 saturated carbocycles. The highest BCUT2D eigenvalue weighted by Crippen LogP contribution is 2.11. The molecule has 6 heteroatoms. The molecule has 1 fully saturated rings. The number of urea groups is 1. The predicted molar refractivity (Wildman–Crippen MR) is 94.4 cm³/mol. The monoisotopic (exact) mass is 347 g/mol. The van der Waals surface area contributed by atoms with Crippen LogP contribution in [0.4, 0.5) is 9.18 Å². The van der Waals surface area contributed by atoms with E-state index in [0.29, 0.717) is 6.54 Å². The maximum atomic E-state index is 13.0. The second kappa shape index (κ2) is 8.26. The fraction of sp³-hybridized carbons (Fsp3) is 0.389. The minimum Gasteiger partial charge on any atom is -0.333 e. The largest absolute Gasteiger partial charge is 0.333 e. The van der Waals surface area contributed by atoms with Gasteiger partial charge in [-0.3, -0.25) is 4.90 Å². The number of halogens is 1. The first-order chi connectivity index (χ1) is 11.7. The van der Waals surface area contributed by atoms with Gasteiger partial charge in [-0.05, 0) is 35.6 Å². The van der Waals surface area contributed by atoms with Crippen LogP contribution in [0, 0.1) is 5.82 Å². The van der Waals surface area contributed by atoms with Crippen molar-refractivity contribution < 1.29 is 9.18 Å². The Morgan fingerprint density at radius 3 is 2.71 bits per heavy atom. The number of benzene rings is 1. The van der Waals surface area contributed by atoms with E-state index >= 15 is 0 Å². The Balaban J connectivity index is 1.47. The number of thiophene rings is 1. The standard InChI is InChI=1S/C18H22FN3OS/c19-16-6-4-15(5-7-16)14-21-8-2-9-22(11-10-21)18(23)20-13-17-3-1-12-24-17/h1,3-7,12H,2,8-11,13-14H2,(H,20,23). The highest BCUT2D eigenvalue weighted by molar-refractivity contribution is 7.09. The zero-order chi connectivity index (χ0) is 16.8. The van der Waals surface area contributed by atoms with Gasteiger partial charge in [-0.15, -0.1) is 11.3 Å². The van der Waals surface area contributed by atoms with Gasteiger partial charge in [-0.1, -0.05) is 18.2 Å². The molecule has 1 aromatic heterocycles. The lowest BCUT2D eigenvalue weighted by molar-refractivity contribution is 0.197. The van der Waals surface area contributed by atoms with E-state index in [4.69, 9.17) is 0 Å². The minimum absolute atomic E-state index is 0.00651. The Labute approximate surface area is 145 Å².